The van der Waals surface area contributed by atoms with Crippen molar-refractivity contribution in [3.8, 4) is 0 Å². The van der Waals surface area contributed by atoms with Crippen molar-refractivity contribution >= 4 is 15.9 Å². The molecule has 1 aliphatic rings. The molecule has 1 fully saturated rings. The Morgan fingerprint density at radius 3 is 2.76 bits per heavy atom. The lowest BCUT2D eigenvalue weighted by molar-refractivity contribution is 0.402. The van der Waals surface area contributed by atoms with Gasteiger partial charge in [0, 0.05) is 16.9 Å². The van der Waals surface area contributed by atoms with Gasteiger partial charge in [0.1, 0.15) is 0 Å². The van der Waals surface area contributed by atoms with Gasteiger partial charge in [-0.3, -0.25) is 0 Å². The van der Waals surface area contributed by atoms with Gasteiger partial charge in [-0.15, -0.1) is 0 Å². The van der Waals surface area contributed by atoms with Crippen LogP contribution in [0.15, 0.2) is 53.0 Å². The Labute approximate surface area is 135 Å². The fourth-order valence-electron chi connectivity index (χ4n) is 3.54. The lowest BCUT2D eigenvalue weighted by atomic mass is 9.76. The Bertz CT molecular complexity index is 608. The van der Waals surface area contributed by atoms with Gasteiger partial charge in [0.15, 0.2) is 0 Å². The molecule has 0 spiro atoms. The summed E-state index contributed by atoms with van der Waals surface area (Å²) in [5, 5.41) is 3.57. The molecule has 110 valence electrons. The molecular formula is C19H22BrN. The minimum Gasteiger partial charge on any atom is -0.316 e. The van der Waals surface area contributed by atoms with Crippen molar-refractivity contribution < 1.29 is 0 Å². The number of aryl methyl sites for hydroxylation is 1. The van der Waals surface area contributed by atoms with Crippen LogP contribution < -0.4 is 5.32 Å². The second-order valence-electron chi connectivity index (χ2n) is 5.81. The summed E-state index contributed by atoms with van der Waals surface area (Å²) in [7, 11) is 0. The first kappa shape index (κ1) is 14.8. The van der Waals surface area contributed by atoms with E-state index in [1.54, 1.807) is 5.56 Å². The first-order valence-corrected chi connectivity index (χ1v) is 8.63. The van der Waals surface area contributed by atoms with Gasteiger partial charge in [-0.05, 0) is 54.1 Å². The van der Waals surface area contributed by atoms with Crippen LogP contribution >= 0.6 is 15.9 Å². The van der Waals surface area contributed by atoms with Crippen LogP contribution in [0, 0.1) is 0 Å². The molecule has 0 aliphatic carbocycles. The molecule has 2 aromatic carbocycles. The number of rotatable bonds is 3. The third-order valence-corrected chi connectivity index (χ3v) is 5.09. The Morgan fingerprint density at radius 2 is 1.95 bits per heavy atom. The van der Waals surface area contributed by atoms with Gasteiger partial charge in [-0.2, -0.15) is 0 Å². The first-order valence-electron chi connectivity index (χ1n) is 7.83. The molecule has 1 N–H and O–H groups in total. The number of piperidine rings is 1. The first-order chi connectivity index (χ1) is 10.3. The van der Waals surface area contributed by atoms with Crippen LogP contribution in [-0.2, 0) is 6.42 Å². The van der Waals surface area contributed by atoms with Gasteiger partial charge >= 0.3 is 0 Å². The highest BCUT2D eigenvalue weighted by Crippen LogP contribution is 2.39. The fraction of sp³-hybridized carbons (Fsp3) is 0.368. The van der Waals surface area contributed by atoms with Gasteiger partial charge in [-0.25, -0.2) is 0 Å². The predicted octanol–water partition coefficient (Wildman–Crippen LogP) is 4.87. The number of hydrogen-bond donors (Lipinski definition) is 1. The van der Waals surface area contributed by atoms with E-state index in [-0.39, 0.29) is 0 Å². The Kier molecular flexibility index (Phi) is 4.77. The lowest BCUT2D eigenvalue weighted by Crippen LogP contribution is -2.34. The molecule has 1 saturated heterocycles. The zero-order valence-electron chi connectivity index (χ0n) is 12.5. The summed E-state index contributed by atoms with van der Waals surface area (Å²) in [6, 6.07) is 17.8. The summed E-state index contributed by atoms with van der Waals surface area (Å²) in [4.78, 5) is 0. The molecule has 2 aromatic rings. The van der Waals surface area contributed by atoms with Crippen molar-refractivity contribution in [2.24, 2.45) is 0 Å². The van der Waals surface area contributed by atoms with Crippen LogP contribution in [0.3, 0.4) is 0 Å². The van der Waals surface area contributed by atoms with E-state index in [0.29, 0.717) is 11.8 Å². The van der Waals surface area contributed by atoms with Crippen molar-refractivity contribution in [2.45, 2.75) is 31.6 Å². The van der Waals surface area contributed by atoms with Crippen molar-refractivity contribution in [1.29, 1.82) is 0 Å². The largest absolute Gasteiger partial charge is 0.316 e. The number of benzene rings is 2. The molecule has 1 aliphatic heterocycles. The topological polar surface area (TPSA) is 12.0 Å². The molecule has 21 heavy (non-hydrogen) atoms. The summed E-state index contributed by atoms with van der Waals surface area (Å²) in [6.07, 6.45) is 2.33. The van der Waals surface area contributed by atoms with Crippen molar-refractivity contribution in [3.63, 3.8) is 0 Å². The molecule has 3 rings (SSSR count). The van der Waals surface area contributed by atoms with Crippen LogP contribution in [0.1, 0.15) is 41.9 Å². The van der Waals surface area contributed by atoms with Crippen molar-refractivity contribution in [3.05, 3.63) is 69.7 Å². The molecule has 0 aromatic heterocycles. The molecule has 0 radical (unpaired) electrons. The van der Waals surface area contributed by atoms with Gasteiger partial charge in [0.05, 0.1) is 0 Å². The van der Waals surface area contributed by atoms with Gasteiger partial charge < -0.3 is 5.32 Å². The molecule has 0 bridgehead atoms. The maximum Gasteiger partial charge on any atom is 0.0178 e. The molecule has 0 amide bonds. The van der Waals surface area contributed by atoms with E-state index >= 15 is 0 Å². The average Bonchev–Trinajstić information content (AvgIpc) is 2.55. The lowest BCUT2D eigenvalue weighted by Gasteiger charge is -2.34. The summed E-state index contributed by atoms with van der Waals surface area (Å²) in [5.74, 6) is 1.18. The minimum absolute atomic E-state index is 0.559. The predicted molar refractivity (Wildman–Crippen MR) is 92.9 cm³/mol. The summed E-state index contributed by atoms with van der Waals surface area (Å²) >= 11 is 3.61. The quantitative estimate of drug-likeness (QED) is 0.837. The zero-order valence-corrected chi connectivity index (χ0v) is 14.1. The van der Waals surface area contributed by atoms with E-state index in [0.717, 1.165) is 19.5 Å². The molecule has 1 nitrogen and oxygen atoms in total. The van der Waals surface area contributed by atoms with E-state index in [4.69, 9.17) is 0 Å². The Hall–Kier alpha value is -1.12. The molecule has 2 unspecified atom stereocenters. The number of nitrogens with one attached hydrogen (secondary N) is 1. The zero-order chi connectivity index (χ0) is 14.7. The van der Waals surface area contributed by atoms with Gasteiger partial charge in [0.2, 0.25) is 0 Å². The van der Waals surface area contributed by atoms with Gasteiger partial charge in [-0.1, -0.05) is 59.3 Å². The van der Waals surface area contributed by atoms with E-state index in [2.05, 4.69) is 76.7 Å². The summed E-state index contributed by atoms with van der Waals surface area (Å²) in [6.45, 7) is 4.44. The number of halogens is 1. The summed E-state index contributed by atoms with van der Waals surface area (Å²) < 4.78 is 1.17. The molecular weight excluding hydrogens is 322 g/mol. The van der Waals surface area contributed by atoms with E-state index in [1.165, 1.54) is 22.0 Å². The Balaban J connectivity index is 1.98. The second kappa shape index (κ2) is 6.76. The monoisotopic (exact) mass is 343 g/mol. The SMILES string of the molecule is CCc1ccccc1C1CCNCC1c1cccc(Br)c1. The van der Waals surface area contributed by atoms with Crippen molar-refractivity contribution in [1.82, 2.24) is 5.32 Å². The van der Waals surface area contributed by atoms with Crippen LogP contribution in [0.5, 0.6) is 0 Å². The highest BCUT2D eigenvalue weighted by molar-refractivity contribution is 9.10. The maximum atomic E-state index is 3.61. The fourth-order valence-corrected chi connectivity index (χ4v) is 3.95. The van der Waals surface area contributed by atoms with E-state index in [9.17, 15) is 0 Å². The van der Waals surface area contributed by atoms with Crippen molar-refractivity contribution in [2.75, 3.05) is 13.1 Å². The normalized spacial score (nSPS) is 22.2. The van der Waals surface area contributed by atoms with Gasteiger partial charge in [0.25, 0.3) is 0 Å². The molecule has 1 heterocycles. The highest BCUT2D eigenvalue weighted by atomic mass is 79.9. The molecule has 0 saturated carbocycles. The molecule has 2 heteroatoms. The Morgan fingerprint density at radius 1 is 1.10 bits per heavy atom. The summed E-state index contributed by atoms with van der Waals surface area (Å²) in [5.41, 5.74) is 4.49. The van der Waals surface area contributed by atoms with Crippen LogP contribution in [0.25, 0.3) is 0 Å². The van der Waals surface area contributed by atoms with Crippen LogP contribution in [0.4, 0.5) is 0 Å². The highest BCUT2D eigenvalue weighted by Gasteiger charge is 2.28. The standard InChI is InChI=1S/C19H22BrN/c1-2-14-6-3-4-9-17(14)18-10-11-21-13-19(18)15-7-5-8-16(20)12-15/h3-9,12,18-19,21H,2,10-11,13H2,1H3. The number of hydrogen-bond acceptors (Lipinski definition) is 1. The second-order valence-corrected chi connectivity index (χ2v) is 6.73. The van der Waals surface area contributed by atoms with E-state index in [1.807, 2.05) is 0 Å². The van der Waals surface area contributed by atoms with Crippen LogP contribution in [-0.4, -0.2) is 13.1 Å². The minimum atomic E-state index is 0.559. The third-order valence-electron chi connectivity index (χ3n) is 4.59. The average molecular weight is 344 g/mol. The third kappa shape index (κ3) is 3.22. The maximum absolute atomic E-state index is 3.61. The van der Waals surface area contributed by atoms with E-state index < -0.39 is 0 Å². The van der Waals surface area contributed by atoms with Crippen LogP contribution in [0.2, 0.25) is 0 Å². The smallest absolute Gasteiger partial charge is 0.0178 e. The molecule has 2 atom stereocenters.